The first-order valence-electron chi connectivity index (χ1n) is 6.30. The first-order chi connectivity index (χ1) is 8.45. The highest BCUT2D eigenvalue weighted by Crippen LogP contribution is 2.21. The lowest BCUT2D eigenvalue weighted by Gasteiger charge is -2.30. The van der Waals surface area contributed by atoms with Gasteiger partial charge in [0.05, 0.1) is 5.60 Å². The molecule has 0 aliphatic heterocycles. The number of halogens is 1. The van der Waals surface area contributed by atoms with Crippen LogP contribution in [-0.4, -0.2) is 39.8 Å². The third-order valence-corrected chi connectivity index (χ3v) is 4.64. The highest BCUT2D eigenvalue weighted by Gasteiger charge is 2.48. The highest BCUT2D eigenvalue weighted by atomic mass is 79.9. The maximum atomic E-state index is 5.52. The maximum Gasteiger partial charge on any atom is 0.707 e. The minimum atomic E-state index is -3.17. The van der Waals surface area contributed by atoms with Gasteiger partial charge in [0.25, 0.3) is 0 Å². The Morgan fingerprint density at radius 3 is 1.72 bits per heavy atom. The average molecular weight is 345 g/mol. The summed E-state index contributed by atoms with van der Waals surface area (Å²) in [7, 11) is -3.17. The maximum absolute atomic E-state index is 5.52. The van der Waals surface area contributed by atoms with Crippen LogP contribution in [0.15, 0.2) is 0 Å². The molecule has 7 heteroatoms. The molecule has 0 aliphatic rings. The fourth-order valence-electron chi connectivity index (χ4n) is 1.16. The van der Waals surface area contributed by atoms with Crippen molar-refractivity contribution in [1.82, 2.24) is 0 Å². The smallest absolute Gasteiger partial charge is 0.350 e. The van der Waals surface area contributed by atoms with E-state index >= 15 is 0 Å². The van der Waals surface area contributed by atoms with Gasteiger partial charge in [0.1, 0.15) is 0 Å². The quantitative estimate of drug-likeness (QED) is 0.249. The van der Waals surface area contributed by atoms with E-state index in [1.807, 2.05) is 34.6 Å². The Morgan fingerprint density at radius 1 is 0.944 bits per heavy atom. The van der Waals surface area contributed by atoms with Gasteiger partial charge < -0.3 is 13.3 Å². The van der Waals surface area contributed by atoms with Crippen LogP contribution in [-0.2, 0) is 22.7 Å². The van der Waals surface area contributed by atoms with E-state index < -0.39 is 14.6 Å². The molecule has 0 saturated heterocycles. The van der Waals surface area contributed by atoms with Crippen molar-refractivity contribution in [2.24, 2.45) is 0 Å². The van der Waals surface area contributed by atoms with Gasteiger partial charge in [-0.25, -0.2) is 4.89 Å². The van der Waals surface area contributed by atoms with Crippen LogP contribution < -0.4 is 0 Å². The summed E-state index contributed by atoms with van der Waals surface area (Å²) in [6.45, 7) is 10.8. The second kappa shape index (κ2) is 9.41. The molecule has 5 nitrogen and oxygen atoms in total. The molecule has 0 saturated carbocycles. The van der Waals surface area contributed by atoms with Gasteiger partial charge in [-0.3, -0.25) is 0 Å². The fourth-order valence-corrected chi connectivity index (χ4v) is 3.90. The number of hydrogen-bond acceptors (Lipinski definition) is 5. The van der Waals surface area contributed by atoms with Crippen molar-refractivity contribution < 1.29 is 22.7 Å². The molecule has 0 unspecified atom stereocenters. The zero-order chi connectivity index (χ0) is 14.1. The minimum absolute atomic E-state index is 0.424. The van der Waals surface area contributed by atoms with Crippen molar-refractivity contribution in [2.45, 2.75) is 46.6 Å². The molecule has 18 heavy (non-hydrogen) atoms. The molecule has 0 radical (unpaired) electrons. The molecule has 0 atom stereocenters. The summed E-state index contributed by atoms with van der Waals surface area (Å²) in [6, 6.07) is 0. The van der Waals surface area contributed by atoms with E-state index in [9.17, 15) is 0 Å². The SMILES string of the molecule is CCO[Si](OCC)(OCC)OOC(C)(C)CCBr. The Labute approximate surface area is 120 Å². The second-order valence-electron chi connectivity index (χ2n) is 4.16. The van der Waals surface area contributed by atoms with E-state index in [0.717, 1.165) is 11.8 Å². The van der Waals surface area contributed by atoms with Gasteiger partial charge in [0.2, 0.25) is 0 Å². The van der Waals surface area contributed by atoms with Crippen LogP contribution in [0, 0.1) is 0 Å². The highest BCUT2D eigenvalue weighted by molar-refractivity contribution is 9.09. The third-order valence-electron chi connectivity index (χ3n) is 2.03. The van der Waals surface area contributed by atoms with Gasteiger partial charge in [-0.05, 0) is 41.0 Å². The predicted molar refractivity (Wildman–Crippen MR) is 75.3 cm³/mol. The molecule has 0 aliphatic carbocycles. The summed E-state index contributed by atoms with van der Waals surface area (Å²) in [5.74, 6) is 0. The zero-order valence-corrected chi connectivity index (χ0v) is 14.5. The van der Waals surface area contributed by atoms with Crippen molar-refractivity contribution in [1.29, 1.82) is 0 Å². The van der Waals surface area contributed by atoms with E-state index in [4.69, 9.17) is 22.7 Å². The van der Waals surface area contributed by atoms with Crippen molar-refractivity contribution in [2.75, 3.05) is 25.2 Å². The molecule has 0 N–H and O–H groups in total. The first kappa shape index (κ1) is 18.5. The van der Waals surface area contributed by atoms with Crippen LogP contribution in [0.2, 0.25) is 0 Å². The van der Waals surface area contributed by atoms with E-state index in [-0.39, 0.29) is 0 Å². The van der Waals surface area contributed by atoms with Crippen LogP contribution in [0.4, 0.5) is 0 Å². The molecule has 0 aromatic carbocycles. The molecular formula is C11H25BrO5Si. The van der Waals surface area contributed by atoms with Gasteiger partial charge in [-0.2, -0.15) is 4.58 Å². The van der Waals surface area contributed by atoms with Crippen molar-refractivity contribution in [3.05, 3.63) is 0 Å². The van der Waals surface area contributed by atoms with E-state index in [2.05, 4.69) is 15.9 Å². The summed E-state index contributed by atoms with van der Waals surface area (Å²) >= 11 is 3.38. The topological polar surface area (TPSA) is 46.2 Å². The normalized spacial score (nSPS) is 13.0. The molecule has 0 rings (SSSR count). The van der Waals surface area contributed by atoms with E-state index in [1.54, 1.807) is 0 Å². The monoisotopic (exact) mass is 344 g/mol. The lowest BCUT2D eigenvalue weighted by molar-refractivity contribution is -0.330. The average Bonchev–Trinajstić information content (AvgIpc) is 2.28. The fraction of sp³-hybridized carbons (Fsp3) is 1.00. The summed E-state index contributed by atoms with van der Waals surface area (Å²) in [6.07, 6.45) is 0.807. The summed E-state index contributed by atoms with van der Waals surface area (Å²) in [5.41, 5.74) is -0.424. The Balaban J connectivity index is 4.55. The van der Waals surface area contributed by atoms with Crippen molar-refractivity contribution >= 4 is 25.0 Å². The Morgan fingerprint density at radius 2 is 1.39 bits per heavy atom. The predicted octanol–water partition coefficient (Wildman–Crippen LogP) is 3.04. The molecule has 110 valence electrons. The zero-order valence-electron chi connectivity index (χ0n) is 12.0. The summed E-state index contributed by atoms with van der Waals surface area (Å²) < 4.78 is 22.0. The number of alkyl halides is 1. The Kier molecular flexibility index (Phi) is 9.67. The molecule has 0 fully saturated rings. The lowest BCUT2D eigenvalue weighted by atomic mass is 10.1. The first-order valence-corrected chi connectivity index (χ1v) is 9.05. The van der Waals surface area contributed by atoms with Crippen LogP contribution in [0.3, 0.4) is 0 Å². The summed E-state index contributed by atoms with van der Waals surface area (Å²) in [4.78, 5) is 5.45. The second-order valence-corrected chi connectivity index (χ2v) is 6.99. The van der Waals surface area contributed by atoms with Crippen LogP contribution in [0.25, 0.3) is 0 Å². The number of rotatable bonds is 11. The van der Waals surface area contributed by atoms with E-state index in [0.29, 0.717) is 19.8 Å². The Bertz CT molecular complexity index is 199. The molecule has 0 heterocycles. The largest absolute Gasteiger partial charge is 0.707 e. The molecule has 0 aromatic heterocycles. The molecule has 0 bridgehead atoms. The molecule has 0 aromatic rings. The van der Waals surface area contributed by atoms with Crippen molar-refractivity contribution in [3.63, 3.8) is 0 Å². The van der Waals surface area contributed by atoms with Crippen LogP contribution in [0.5, 0.6) is 0 Å². The minimum Gasteiger partial charge on any atom is -0.350 e. The Hall–Kier alpha value is 0.497. The summed E-state index contributed by atoms with van der Waals surface area (Å²) in [5, 5.41) is 0.829. The lowest BCUT2D eigenvalue weighted by Crippen LogP contribution is -2.51. The van der Waals surface area contributed by atoms with Crippen LogP contribution in [0.1, 0.15) is 41.0 Å². The van der Waals surface area contributed by atoms with E-state index in [1.165, 1.54) is 0 Å². The standard InChI is InChI=1S/C11H25BrO5Si/c1-6-13-18(14-7-2,15-8-3)17-16-11(4,5)9-10-12/h6-10H2,1-5H3. The van der Waals surface area contributed by atoms with Crippen molar-refractivity contribution in [3.8, 4) is 0 Å². The van der Waals surface area contributed by atoms with Gasteiger partial charge in [0.15, 0.2) is 0 Å². The van der Waals surface area contributed by atoms with Gasteiger partial charge in [0, 0.05) is 25.2 Å². The molecular weight excluding hydrogens is 320 g/mol. The van der Waals surface area contributed by atoms with Gasteiger partial charge >= 0.3 is 9.05 Å². The molecule has 0 spiro atoms. The van der Waals surface area contributed by atoms with Gasteiger partial charge in [-0.1, -0.05) is 15.9 Å². The third kappa shape index (κ3) is 7.18. The van der Waals surface area contributed by atoms with Gasteiger partial charge in [-0.15, -0.1) is 0 Å². The number of hydrogen-bond donors (Lipinski definition) is 0. The molecule has 0 amide bonds. The van der Waals surface area contributed by atoms with Crippen LogP contribution >= 0.6 is 15.9 Å².